The molecular weight excluding hydrogens is 432 g/mol. The zero-order chi connectivity index (χ0) is 23.8. The van der Waals surface area contributed by atoms with Crippen molar-refractivity contribution in [3.05, 3.63) is 81.4 Å². The highest BCUT2D eigenvalue weighted by atomic mass is 16.6. The normalized spacial score (nSPS) is 13.4. The molecule has 34 heavy (non-hydrogen) atoms. The third-order valence-electron chi connectivity index (χ3n) is 6.07. The van der Waals surface area contributed by atoms with Gasteiger partial charge < -0.3 is 14.6 Å². The number of fused-ring (bicyclic) bond motifs is 1. The molecule has 2 heterocycles. The minimum atomic E-state index is -0.429. The quantitative estimate of drug-likeness (QED) is 0.298. The number of hydrogen-bond donors (Lipinski definition) is 1. The molecule has 0 atom stereocenters. The number of nitrogens with one attached hydrogen (secondary N) is 1. The topological polar surface area (TPSA) is 102 Å². The summed E-state index contributed by atoms with van der Waals surface area (Å²) in [5.74, 6) is 0.0441. The number of amides is 1. The lowest BCUT2D eigenvalue weighted by atomic mass is 10.1. The second-order valence-electron chi connectivity index (χ2n) is 8.64. The number of anilines is 2. The van der Waals surface area contributed by atoms with Crippen LogP contribution in [0.1, 0.15) is 34.3 Å². The lowest BCUT2D eigenvalue weighted by molar-refractivity contribution is -0.384. The van der Waals surface area contributed by atoms with Gasteiger partial charge in [-0.15, -0.1) is 0 Å². The molecular formula is C26H24N4O4. The first kappa shape index (κ1) is 21.6. The Bertz CT molecular complexity index is 1420. The number of aromatic nitrogens is 1. The Kier molecular flexibility index (Phi) is 5.49. The summed E-state index contributed by atoms with van der Waals surface area (Å²) in [5, 5.41) is 14.5. The van der Waals surface area contributed by atoms with E-state index in [2.05, 4.69) is 10.3 Å². The zero-order valence-corrected chi connectivity index (χ0v) is 19.0. The molecule has 172 valence electrons. The summed E-state index contributed by atoms with van der Waals surface area (Å²) in [4.78, 5) is 30.7. The van der Waals surface area contributed by atoms with Gasteiger partial charge in [-0.25, -0.2) is 4.98 Å². The van der Waals surface area contributed by atoms with Crippen LogP contribution in [0, 0.1) is 24.0 Å². The molecule has 8 heteroatoms. The SMILES string of the molecule is Cc1cc(C)c2oc(-c3cccc(NC(=O)c4ccc(N5CCCC5)c([N+](=O)[O-])c4)c3)nc2c1. The predicted octanol–water partition coefficient (Wildman–Crippen LogP) is 5.87. The van der Waals surface area contributed by atoms with E-state index in [-0.39, 0.29) is 11.3 Å². The molecule has 1 aromatic heterocycles. The van der Waals surface area contributed by atoms with Crippen molar-refractivity contribution in [3.63, 3.8) is 0 Å². The Labute approximate surface area is 196 Å². The maximum atomic E-state index is 12.9. The van der Waals surface area contributed by atoms with Crippen molar-refractivity contribution in [2.45, 2.75) is 26.7 Å². The Hall–Kier alpha value is -4.20. The molecule has 4 aromatic rings. The number of aryl methyl sites for hydroxylation is 2. The fourth-order valence-corrected chi connectivity index (χ4v) is 4.47. The van der Waals surface area contributed by atoms with E-state index in [4.69, 9.17) is 4.42 Å². The highest BCUT2D eigenvalue weighted by Gasteiger charge is 2.24. The number of carbonyl (C=O) groups excluding carboxylic acids is 1. The average Bonchev–Trinajstić information content (AvgIpc) is 3.49. The Balaban J connectivity index is 1.41. The second-order valence-corrected chi connectivity index (χ2v) is 8.64. The number of carbonyl (C=O) groups is 1. The minimum Gasteiger partial charge on any atom is -0.436 e. The van der Waals surface area contributed by atoms with Gasteiger partial charge in [0.25, 0.3) is 11.6 Å². The van der Waals surface area contributed by atoms with Gasteiger partial charge in [0.15, 0.2) is 5.58 Å². The minimum absolute atomic E-state index is 0.0551. The first-order valence-electron chi connectivity index (χ1n) is 11.2. The molecule has 1 aliphatic heterocycles. The fraction of sp³-hybridized carbons (Fsp3) is 0.231. The van der Waals surface area contributed by atoms with E-state index in [0.29, 0.717) is 17.3 Å². The molecule has 0 saturated carbocycles. The summed E-state index contributed by atoms with van der Waals surface area (Å²) in [7, 11) is 0. The molecule has 1 N–H and O–H groups in total. The summed E-state index contributed by atoms with van der Waals surface area (Å²) in [5.41, 5.74) is 5.64. The molecule has 0 radical (unpaired) electrons. The third kappa shape index (κ3) is 4.10. The number of nitro benzene ring substituents is 1. The largest absolute Gasteiger partial charge is 0.436 e. The van der Waals surface area contributed by atoms with E-state index in [1.54, 1.807) is 30.3 Å². The van der Waals surface area contributed by atoms with Crippen LogP contribution in [-0.4, -0.2) is 28.9 Å². The zero-order valence-electron chi connectivity index (χ0n) is 19.0. The van der Waals surface area contributed by atoms with E-state index in [0.717, 1.165) is 53.7 Å². The Morgan fingerprint density at radius 1 is 1.09 bits per heavy atom. The van der Waals surface area contributed by atoms with Crippen LogP contribution in [0.25, 0.3) is 22.6 Å². The summed E-state index contributed by atoms with van der Waals surface area (Å²) in [6, 6.07) is 15.9. The molecule has 1 saturated heterocycles. The summed E-state index contributed by atoms with van der Waals surface area (Å²) >= 11 is 0. The van der Waals surface area contributed by atoms with Crippen LogP contribution >= 0.6 is 0 Å². The van der Waals surface area contributed by atoms with Crippen molar-refractivity contribution in [2.24, 2.45) is 0 Å². The number of oxazole rings is 1. The monoisotopic (exact) mass is 456 g/mol. The van der Waals surface area contributed by atoms with Gasteiger partial charge in [0.05, 0.1) is 4.92 Å². The highest BCUT2D eigenvalue weighted by Crippen LogP contribution is 2.32. The van der Waals surface area contributed by atoms with Gasteiger partial charge in [0, 0.05) is 36.0 Å². The van der Waals surface area contributed by atoms with Crippen LogP contribution in [0.15, 0.2) is 59.0 Å². The lowest BCUT2D eigenvalue weighted by Crippen LogP contribution is -2.19. The fourth-order valence-electron chi connectivity index (χ4n) is 4.47. The standard InChI is InChI=1S/C26H24N4O4/c1-16-12-17(2)24-21(13-16)28-26(34-24)19-6-5-7-20(14-19)27-25(31)18-8-9-22(23(15-18)30(32)33)29-10-3-4-11-29/h5-9,12-15H,3-4,10-11H2,1-2H3,(H,27,31). The Morgan fingerprint density at radius 3 is 2.65 bits per heavy atom. The van der Waals surface area contributed by atoms with Gasteiger partial charge in [-0.05, 0) is 74.2 Å². The van der Waals surface area contributed by atoms with Gasteiger partial charge in [-0.3, -0.25) is 14.9 Å². The van der Waals surface area contributed by atoms with Crippen LogP contribution in [0.2, 0.25) is 0 Å². The van der Waals surface area contributed by atoms with Crippen molar-refractivity contribution in [3.8, 4) is 11.5 Å². The van der Waals surface area contributed by atoms with Crippen molar-refractivity contribution in [2.75, 3.05) is 23.3 Å². The van der Waals surface area contributed by atoms with Crippen LogP contribution < -0.4 is 10.2 Å². The van der Waals surface area contributed by atoms with E-state index in [1.165, 1.54) is 6.07 Å². The lowest BCUT2D eigenvalue weighted by Gasteiger charge is -2.17. The van der Waals surface area contributed by atoms with Gasteiger partial charge in [-0.1, -0.05) is 12.1 Å². The van der Waals surface area contributed by atoms with Gasteiger partial charge in [0.2, 0.25) is 5.89 Å². The number of benzene rings is 3. The van der Waals surface area contributed by atoms with E-state index < -0.39 is 10.8 Å². The van der Waals surface area contributed by atoms with Gasteiger partial charge >= 0.3 is 0 Å². The van der Waals surface area contributed by atoms with Crippen molar-refractivity contribution < 1.29 is 14.1 Å². The molecule has 1 aliphatic rings. The van der Waals surface area contributed by atoms with Crippen LogP contribution in [-0.2, 0) is 0 Å². The van der Waals surface area contributed by atoms with E-state index in [1.807, 2.05) is 36.9 Å². The molecule has 3 aromatic carbocycles. The molecule has 0 aliphatic carbocycles. The first-order valence-corrected chi connectivity index (χ1v) is 11.2. The van der Waals surface area contributed by atoms with E-state index >= 15 is 0 Å². The maximum Gasteiger partial charge on any atom is 0.293 e. The molecule has 1 fully saturated rings. The number of hydrogen-bond acceptors (Lipinski definition) is 6. The van der Waals surface area contributed by atoms with Crippen LogP contribution in [0.4, 0.5) is 17.1 Å². The van der Waals surface area contributed by atoms with Crippen LogP contribution in [0.3, 0.4) is 0 Å². The van der Waals surface area contributed by atoms with Crippen molar-refractivity contribution in [1.29, 1.82) is 0 Å². The summed E-state index contributed by atoms with van der Waals surface area (Å²) in [6.07, 6.45) is 2.02. The number of nitro groups is 1. The van der Waals surface area contributed by atoms with E-state index in [9.17, 15) is 14.9 Å². The molecule has 0 bridgehead atoms. The average molecular weight is 457 g/mol. The molecule has 8 nitrogen and oxygen atoms in total. The molecule has 1 amide bonds. The van der Waals surface area contributed by atoms with Gasteiger partial charge in [-0.2, -0.15) is 0 Å². The summed E-state index contributed by atoms with van der Waals surface area (Å²) in [6.45, 7) is 5.57. The number of nitrogens with zero attached hydrogens (tertiary/aromatic N) is 3. The molecule has 0 spiro atoms. The Morgan fingerprint density at radius 2 is 1.88 bits per heavy atom. The smallest absolute Gasteiger partial charge is 0.293 e. The van der Waals surface area contributed by atoms with Gasteiger partial charge in [0.1, 0.15) is 11.2 Å². The van der Waals surface area contributed by atoms with Crippen molar-refractivity contribution in [1.82, 2.24) is 4.98 Å². The summed E-state index contributed by atoms with van der Waals surface area (Å²) < 4.78 is 5.99. The predicted molar refractivity (Wildman–Crippen MR) is 131 cm³/mol. The number of rotatable bonds is 5. The molecule has 0 unspecified atom stereocenters. The third-order valence-corrected chi connectivity index (χ3v) is 6.07. The van der Waals surface area contributed by atoms with Crippen molar-refractivity contribution >= 4 is 34.1 Å². The van der Waals surface area contributed by atoms with Crippen LogP contribution in [0.5, 0.6) is 0 Å². The maximum absolute atomic E-state index is 12.9. The molecule has 5 rings (SSSR count). The highest BCUT2D eigenvalue weighted by molar-refractivity contribution is 6.05. The first-order chi connectivity index (χ1) is 16.4. The second kappa shape index (κ2) is 8.62.